The van der Waals surface area contributed by atoms with Gasteiger partial charge in [0.15, 0.2) is 5.82 Å². The lowest BCUT2D eigenvalue weighted by molar-refractivity contribution is 0.425. The third kappa shape index (κ3) is 7.15. The van der Waals surface area contributed by atoms with Crippen molar-refractivity contribution in [3.8, 4) is 39.3 Å². The fourth-order valence-corrected chi connectivity index (χ4v) is 6.78. The van der Waals surface area contributed by atoms with Crippen LogP contribution in [0.4, 0.5) is 0 Å². The van der Waals surface area contributed by atoms with E-state index in [-0.39, 0.29) is 16.2 Å². The molecule has 0 aliphatic heterocycles. The Balaban J connectivity index is 1.64. The SMILES string of the molecule is CCCCC(C)(C)c1nnc(-c2cccc(-c3c(C)cc(C(C)(C)C)cc3C)c2)n1-c1ccc(-c2ccc(C(C)(C)C)cc2)cc1C. The molecule has 0 saturated heterocycles. The summed E-state index contributed by atoms with van der Waals surface area (Å²) in [6, 6.07) is 29.4. The van der Waals surface area contributed by atoms with Gasteiger partial charge in [-0.25, -0.2) is 0 Å². The maximum absolute atomic E-state index is 4.94. The summed E-state index contributed by atoms with van der Waals surface area (Å²) in [5.74, 6) is 1.90. The molecule has 0 amide bonds. The molecule has 0 aliphatic carbocycles. The highest BCUT2D eigenvalue weighted by molar-refractivity contribution is 5.76. The third-order valence-corrected chi connectivity index (χ3v) is 9.75. The number of aromatic nitrogens is 3. The predicted molar refractivity (Wildman–Crippen MR) is 202 cm³/mol. The molecule has 3 heteroatoms. The molecule has 0 radical (unpaired) electrons. The van der Waals surface area contributed by atoms with Crippen LogP contribution in [0.1, 0.15) is 115 Å². The van der Waals surface area contributed by atoms with Gasteiger partial charge in [-0.1, -0.05) is 136 Å². The minimum Gasteiger partial charge on any atom is -0.278 e. The smallest absolute Gasteiger partial charge is 0.168 e. The van der Waals surface area contributed by atoms with E-state index in [0.29, 0.717) is 0 Å². The minimum absolute atomic E-state index is 0.108. The molecule has 0 spiro atoms. The summed E-state index contributed by atoms with van der Waals surface area (Å²) in [5, 5.41) is 9.87. The van der Waals surface area contributed by atoms with E-state index in [2.05, 4.69) is 167 Å². The molecule has 47 heavy (non-hydrogen) atoms. The van der Waals surface area contributed by atoms with Crippen molar-refractivity contribution in [1.82, 2.24) is 14.8 Å². The van der Waals surface area contributed by atoms with E-state index in [0.717, 1.165) is 42.2 Å². The zero-order valence-electron chi connectivity index (χ0n) is 31.0. The summed E-state index contributed by atoms with van der Waals surface area (Å²) in [7, 11) is 0. The van der Waals surface area contributed by atoms with Crippen LogP contribution in [-0.2, 0) is 16.2 Å². The van der Waals surface area contributed by atoms with Crippen LogP contribution < -0.4 is 0 Å². The fraction of sp³-hybridized carbons (Fsp3) is 0.409. The lowest BCUT2D eigenvalue weighted by Gasteiger charge is -2.26. The Morgan fingerprint density at radius 1 is 0.574 bits per heavy atom. The Bertz CT molecular complexity index is 1850. The van der Waals surface area contributed by atoms with Gasteiger partial charge in [-0.05, 0) is 106 Å². The maximum atomic E-state index is 4.94. The first-order valence-electron chi connectivity index (χ1n) is 17.4. The largest absolute Gasteiger partial charge is 0.278 e. The van der Waals surface area contributed by atoms with Crippen molar-refractivity contribution in [3.63, 3.8) is 0 Å². The second-order valence-electron chi connectivity index (χ2n) is 16.3. The number of aryl methyl sites for hydroxylation is 3. The highest BCUT2D eigenvalue weighted by Crippen LogP contribution is 2.38. The Morgan fingerprint density at radius 2 is 1.17 bits per heavy atom. The van der Waals surface area contributed by atoms with Crippen LogP contribution in [0.5, 0.6) is 0 Å². The van der Waals surface area contributed by atoms with Crippen LogP contribution in [0.2, 0.25) is 0 Å². The van der Waals surface area contributed by atoms with Crippen molar-refractivity contribution < 1.29 is 0 Å². The first-order valence-corrected chi connectivity index (χ1v) is 17.4. The molecule has 4 aromatic carbocycles. The minimum atomic E-state index is -0.136. The second kappa shape index (κ2) is 12.9. The highest BCUT2D eigenvalue weighted by Gasteiger charge is 2.30. The Morgan fingerprint density at radius 3 is 1.74 bits per heavy atom. The molecule has 5 rings (SSSR count). The molecule has 0 aliphatic rings. The normalized spacial score (nSPS) is 12.5. The zero-order chi connectivity index (χ0) is 34.3. The molecular formula is C44H55N3. The summed E-state index contributed by atoms with van der Waals surface area (Å²) < 4.78 is 2.33. The first-order chi connectivity index (χ1) is 22.0. The molecule has 0 unspecified atom stereocenters. The quantitative estimate of drug-likeness (QED) is 0.172. The van der Waals surface area contributed by atoms with E-state index in [1.807, 2.05) is 0 Å². The van der Waals surface area contributed by atoms with E-state index in [1.165, 1.54) is 50.1 Å². The summed E-state index contributed by atoms with van der Waals surface area (Å²) >= 11 is 0. The number of nitrogens with zero attached hydrogens (tertiary/aromatic N) is 3. The van der Waals surface area contributed by atoms with Crippen molar-refractivity contribution in [2.75, 3.05) is 0 Å². The lowest BCUT2D eigenvalue weighted by Crippen LogP contribution is -2.23. The summed E-state index contributed by atoms with van der Waals surface area (Å²) in [5.41, 5.74) is 13.8. The second-order valence-corrected chi connectivity index (χ2v) is 16.3. The van der Waals surface area contributed by atoms with E-state index in [9.17, 15) is 0 Å². The number of hydrogen-bond donors (Lipinski definition) is 0. The van der Waals surface area contributed by atoms with Gasteiger partial charge in [0.05, 0.1) is 5.69 Å². The Labute approximate surface area is 284 Å². The molecule has 0 bridgehead atoms. The Kier molecular flexibility index (Phi) is 9.43. The topological polar surface area (TPSA) is 30.7 Å². The standard InChI is InChI=1S/C44H55N3/c1-13-14-24-44(11,12)41-46-45-40(35-17-15-16-34(28-35)39-30(3)26-37(27-31(39)4)43(8,9)10)47(41)38-23-20-33(25-29(38)2)32-18-21-36(22-19-32)42(5,6)7/h15-23,25-28H,13-14,24H2,1-12H3. The van der Waals surface area contributed by atoms with Gasteiger partial charge < -0.3 is 0 Å². The molecule has 0 N–H and O–H groups in total. The molecule has 0 saturated carbocycles. The fourth-order valence-electron chi connectivity index (χ4n) is 6.78. The molecule has 0 atom stereocenters. The van der Waals surface area contributed by atoms with Gasteiger partial charge in [0.1, 0.15) is 5.82 Å². The maximum Gasteiger partial charge on any atom is 0.168 e. The van der Waals surface area contributed by atoms with Crippen LogP contribution in [-0.4, -0.2) is 14.8 Å². The van der Waals surface area contributed by atoms with Gasteiger partial charge in [0, 0.05) is 11.0 Å². The molecule has 1 aromatic heterocycles. The van der Waals surface area contributed by atoms with Crippen molar-refractivity contribution in [2.45, 2.75) is 119 Å². The van der Waals surface area contributed by atoms with Crippen LogP contribution >= 0.6 is 0 Å². The molecule has 0 fully saturated rings. The van der Waals surface area contributed by atoms with Gasteiger partial charge in [0.25, 0.3) is 0 Å². The third-order valence-electron chi connectivity index (χ3n) is 9.75. The molecule has 1 heterocycles. The van der Waals surface area contributed by atoms with E-state index < -0.39 is 0 Å². The van der Waals surface area contributed by atoms with Crippen LogP contribution in [0.3, 0.4) is 0 Å². The Hall–Kier alpha value is -3.98. The van der Waals surface area contributed by atoms with Gasteiger partial charge in [-0.3, -0.25) is 4.57 Å². The molecule has 246 valence electrons. The van der Waals surface area contributed by atoms with E-state index >= 15 is 0 Å². The van der Waals surface area contributed by atoms with Gasteiger partial charge in [0.2, 0.25) is 0 Å². The number of benzene rings is 4. The first kappa shape index (κ1) is 34.4. The van der Waals surface area contributed by atoms with Gasteiger partial charge >= 0.3 is 0 Å². The highest BCUT2D eigenvalue weighted by atomic mass is 15.3. The van der Waals surface area contributed by atoms with Crippen molar-refractivity contribution in [3.05, 3.63) is 113 Å². The van der Waals surface area contributed by atoms with Crippen LogP contribution in [0, 0.1) is 20.8 Å². The molecule has 5 aromatic rings. The van der Waals surface area contributed by atoms with Crippen molar-refractivity contribution in [2.24, 2.45) is 0 Å². The van der Waals surface area contributed by atoms with E-state index in [4.69, 9.17) is 10.2 Å². The number of unbranched alkanes of at least 4 members (excludes halogenated alkanes) is 1. The summed E-state index contributed by atoms with van der Waals surface area (Å²) in [6.45, 7) is 27.2. The van der Waals surface area contributed by atoms with Crippen LogP contribution in [0.15, 0.2) is 78.9 Å². The number of rotatable bonds is 8. The predicted octanol–water partition coefficient (Wildman–Crippen LogP) is 12.3. The number of hydrogen-bond acceptors (Lipinski definition) is 2. The van der Waals surface area contributed by atoms with Gasteiger partial charge in [-0.2, -0.15) is 0 Å². The summed E-state index contributed by atoms with van der Waals surface area (Å²) in [4.78, 5) is 0. The average Bonchev–Trinajstić information content (AvgIpc) is 3.45. The van der Waals surface area contributed by atoms with Gasteiger partial charge in [-0.15, -0.1) is 10.2 Å². The monoisotopic (exact) mass is 625 g/mol. The average molecular weight is 626 g/mol. The van der Waals surface area contributed by atoms with Crippen molar-refractivity contribution >= 4 is 0 Å². The molecular weight excluding hydrogens is 571 g/mol. The zero-order valence-corrected chi connectivity index (χ0v) is 31.0. The lowest BCUT2D eigenvalue weighted by atomic mass is 9.82. The van der Waals surface area contributed by atoms with E-state index in [1.54, 1.807) is 0 Å². The van der Waals surface area contributed by atoms with Crippen molar-refractivity contribution in [1.29, 1.82) is 0 Å². The summed E-state index contributed by atoms with van der Waals surface area (Å²) in [6.07, 6.45) is 3.36. The van der Waals surface area contributed by atoms with Crippen LogP contribution in [0.25, 0.3) is 39.3 Å². The molecule has 3 nitrogen and oxygen atoms in total.